The first-order valence-corrected chi connectivity index (χ1v) is 8.94. The number of allylic oxidation sites excluding steroid dienone is 1. The predicted molar refractivity (Wildman–Crippen MR) is 104 cm³/mol. The molecular formula is C21H20ClNO3. The molecule has 2 aromatic carbocycles. The molecule has 0 aliphatic carbocycles. The molecule has 0 bridgehead atoms. The fraction of sp³-hybridized carbons (Fsp3) is 0.238. The highest BCUT2D eigenvalue weighted by molar-refractivity contribution is 6.37. The minimum Gasteiger partial charge on any atom is -0.497 e. The highest BCUT2D eigenvalue weighted by Crippen LogP contribution is 2.38. The van der Waals surface area contributed by atoms with E-state index < -0.39 is 0 Å². The lowest BCUT2D eigenvalue weighted by molar-refractivity contribution is -0.113. The number of ketones is 1. The lowest BCUT2D eigenvalue weighted by atomic mass is 10.0. The van der Waals surface area contributed by atoms with E-state index in [1.54, 1.807) is 48.4 Å². The van der Waals surface area contributed by atoms with E-state index in [1.165, 1.54) is 6.08 Å². The van der Waals surface area contributed by atoms with Crippen LogP contribution in [0.2, 0.25) is 5.02 Å². The Morgan fingerprint density at radius 3 is 2.58 bits per heavy atom. The van der Waals surface area contributed by atoms with Crippen molar-refractivity contribution < 1.29 is 14.3 Å². The second kappa shape index (κ2) is 7.75. The summed E-state index contributed by atoms with van der Waals surface area (Å²) >= 11 is 6.12. The summed E-state index contributed by atoms with van der Waals surface area (Å²) in [7, 11) is 1.57. The first-order valence-electron chi connectivity index (χ1n) is 8.57. The number of carbonyl (C=O) groups is 2. The van der Waals surface area contributed by atoms with Gasteiger partial charge < -0.3 is 9.64 Å². The molecule has 26 heavy (non-hydrogen) atoms. The van der Waals surface area contributed by atoms with Crippen molar-refractivity contribution in [2.45, 2.75) is 19.8 Å². The Hall–Kier alpha value is -2.59. The summed E-state index contributed by atoms with van der Waals surface area (Å²) in [5.41, 5.74) is 2.41. The molecule has 3 rings (SSSR count). The number of anilines is 1. The van der Waals surface area contributed by atoms with Gasteiger partial charge in [-0.1, -0.05) is 24.9 Å². The lowest BCUT2D eigenvalue weighted by Crippen LogP contribution is -2.27. The van der Waals surface area contributed by atoms with E-state index in [-0.39, 0.29) is 11.7 Å². The molecule has 4 nitrogen and oxygen atoms in total. The fourth-order valence-corrected chi connectivity index (χ4v) is 3.15. The average molecular weight is 370 g/mol. The summed E-state index contributed by atoms with van der Waals surface area (Å²) in [5.74, 6) is 0.297. The number of hydrogen-bond donors (Lipinski definition) is 0. The van der Waals surface area contributed by atoms with Gasteiger partial charge in [-0.25, -0.2) is 0 Å². The Bertz CT molecular complexity index is 871. The van der Waals surface area contributed by atoms with Crippen LogP contribution < -0.4 is 9.64 Å². The molecule has 0 unspecified atom stereocenters. The SMILES string of the molecule is CCCCN1C(=O)C(=CC(=O)c2ccc(OC)cc2)c2cc(Cl)ccc21. The Balaban J connectivity index is 1.97. The van der Waals surface area contributed by atoms with E-state index in [1.807, 2.05) is 6.07 Å². The summed E-state index contributed by atoms with van der Waals surface area (Å²) in [5, 5.41) is 0.539. The van der Waals surface area contributed by atoms with Crippen molar-refractivity contribution in [2.24, 2.45) is 0 Å². The van der Waals surface area contributed by atoms with E-state index in [9.17, 15) is 9.59 Å². The highest BCUT2D eigenvalue weighted by Gasteiger charge is 2.32. The number of methoxy groups -OCH3 is 1. The summed E-state index contributed by atoms with van der Waals surface area (Å²) < 4.78 is 5.11. The number of hydrogen-bond acceptors (Lipinski definition) is 3. The summed E-state index contributed by atoms with van der Waals surface area (Å²) in [6.45, 7) is 2.70. The van der Waals surface area contributed by atoms with Crippen LogP contribution in [0.25, 0.3) is 5.57 Å². The number of fused-ring (bicyclic) bond motifs is 1. The second-order valence-electron chi connectivity index (χ2n) is 6.12. The summed E-state index contributed by atoms with van der Waals surface area (Å²) in [6.07, 6.45) is 3.29. The highest BCUT2D eigenvalue weighted by atomic mass is 35.5. The molecule has 0 radical (unpaired) electrons. The molecule has 1 aliphatic rings. The van der Waals surface area contributed by atoms with Gasteiger partial charge in [0.25, 0.3) is 5.91 Å². The van der Waals surface area contributed by atoms with Crippen LogP contribution in [0.1, 0.15) is 35.7 Å². The van der Waals surface area contributed by atoms with Gasteiger partial charge in [0.05, 0.1) is 18.4 Å². The van der Waals surface area contributed by atoms with E-state index in [0.717, 1.165) is 18.5 Å². The van der Waals surface area contributed by atoms with Crippen LogP contribution in [0.5, 0.6) is 5.75 Å². The van der Waals surface area contributed by atoms with Gasteiger partial charge in [-0.15, -0.1) is 0 Å². The average Bonchev–Trinajstić information content (AvgIpc) is 2.91. The predicted octanol–water partition coefficient (Wildman–Crippen LogP) is 4.76. The van der Waals surface area contributed by atoms with Gasteiger partial charge in [-0.3, -0.25) is 9.59 Å². The Labute approximate surface area is 158 Å². The molecule has 0 saturated heterocycles. The Morgan fingerprint density at radius 2 is 1.92 bits per heavy atom. The van der Waals surface area contributed by atoms with Crippen LogP contribution in [-0.4, -0.2) is 25.3 Å². The van der Waals surface area contributed by atoms with Crippen molar-refractivity contribution >= 4 is 34.6 Å². The third kappa shape index (κ3) is 3.51. The van der Waals surface area contributed by atoms with Crippen molar-refractivity contribution in [3.05, 3.63) is 64.7 Å². The van der Waals surface area contributed by atoms with Gasteiger partial charge in [0.2, 0.25) is 0 Å². The van der Waals surface area contributed by atoms with Crippen molar-refractivity contribution in [3.63, 3.8) is 0 Å². The van der Waals surface area contributed by atoms with Crippen LogP contribution in [0.4, 0.5) is 5.69 Å². The zero-order valence-electron chi connectivity index (χ0n) is 14.8. The number of ether oxygens (including phenoxy) is 1. The summed E-state index contributed by atoms with van der Waals surface area (Å²) in [4.78, 5) is 27.3. The number of nitrogens with zero attached hydrogens (tertiary/aromatic N) is 1. The zero-order valence-corrected chi connectivity index (χ0v) is 15.5. The molecule has 0 atom stereocenters. The number of rotatable bonds is 6. The van der Waals surface area contributed by atoms with Crippen molar-refractivity contribution in [3.8, 4) is 5.75 Å². The lowest BCUT2D eigenvalue weighted by Gasteiger charge is -2.16. The number of unbranched alkanes of at least 4 members (excludes halogenated alkanes) is 1. The molecule has 1 aliphatic heterocycles. The summed E-state index contributed by atoms with van der Waals surface area (Å²) in [6, 6.07) is 12.2. The molecule has 0 fully saturated rings. The molecule has 2 aromatic rings. The maximum atomic E-state index is 12.9. The molecular weight excluding hydrogens is 350 g/mol. The van der Waals surface area contributed by atoms with E-state index in [2.05, 4.69) is 6.92 Å². The molecule has 5 heteroatoms. The van der Waals surface area contributed by atoms with Gasteiger partial charge in [-0.2, -0.15) is 0 Å². The molecule has 0 spiro atoms. The van der Waals surface area contributed by atoms with Crippen LogP contribution in [0, 0.1) is 0 Å². The largest absolute Gasteiger partial charge is 0.497 e. The first kappa shape index (κ1) is 18.2. The number of amides is 1. The standard InChI is InChI=1S/C21H20ClNO3/c1-3-4-11-23-19-10-7-15(22)12-17(19)18(21(23)25)13-20(24)14-5-8-16(26-2)9-6-14/h5-10,12-13H,3-4,11H2,1-2H3. The van der Waals surface area contributed by atoms with Crippen LogP contribution in [0.15, 0.2) is 48.5 Å². The van der Waals surface area contributed by atoms with E-state index in [0.29, 0.717) is 34.0 Å². The quantitative estimate of drug-likeness (QED) is 0.544. The molecule has 0 aromatic heterocycles. The monoisotopic (exact) mass is 369 g/mol. The maximum absolute atomic E-state index is 12.9. The molecule has 1 amide bonds. The maximum Gasteiger partial charge on any atom is 0.259 e. The number of benzene rings is 2. The van der Waals surface area contributed by atoms with Gasteiger partial charge in [0.15, 0.2) is 5.78 Å². The van der Waals surface area contributed by atoms with E-state index >= 15 is 0 Å². The third-order valence-electron chi connectivity index (χ3n) is 4.40. The second-order valence-corrected chi connectivity index (χ2v) is 6.56. The van der Waals surface area contributed by atoms with Crippen LogP contribution >= 0.6 is 11.6 Å². The minimum absolute atomic E-state index is 0.155. The number of halogens is 1. The molecule has 1 heterocycles. The van der Waals surface area contributed by atoms with Gasteiger partial charge in [-0.05, 0) is 55.0 Å². The van der Waals surface area contributed by atoms with Crippen LogP contribution in [0.3, 0.4) is 0 Å². The molecule has 0 saturated carbocycles. The first-order chi connectivity index (χ1) is 12.5. The molecule has 0 N–H and O–H groups in total. The normalized spacial score (nSPS) is 14.7. The minimum atomic E-state index is -0.223. The van der Waals surface area contributed by atoms with Gasteiger partial charge in [0.1, 0.15) is 5.75 Å². The third-order valence-corrected chi connectivity index (χ3v) is 4.64. The smallest absolute Gasteiger partial charge is 0.259 e. The Kier molecular flexibility index (Phi) is 5.43. The van der Waals surface area contributed by atoms with Gasteiger partial charge >= 0.3 is 0 Å². The Morgan fingerprint density at radius 1 is 1.19 bits per heavy atom. The van der Waals surface area contributed by atoms with Crippen molar-refractivity contribution in [2.75, 3.05) is 18.6 Å². The van der Waals surface area contributed by atoms with E-state index in [4.69, 9.17) is 16.3 Å². The fourth-order valence-electron chi connectivity index (χ4n) is 2.98. The van der Waals surface area contributed by atoms with Crippen molar-refractivity contribution in [1.29, 1.82) is 0 Å². The van der Waals surface area contributed by atoms with Crippen LogP contribution in [-0.2, 0) is 4.79 Å². The topological polar surface area (TPSA) is 46.6 Å². The molecule has 134 valence electrons. The van der Waals surface area contributed by atoms with Crippen molar-refractivity contribution in [1.82, 2.24) is 0 Å². The number of carbonyl (C=O) groups excluding carboxylic acids is 2. The van der Waals surface area contributed by atoms with Gasteiger partial charge in [0, 0.05) is 22.7 Å². The zero-order chi connectivity index (χ0) is 18.7.